The Balaban J connectivity index is 1.68. The third-order valence-electron chi connectivity index (χ3n) is 5.02. The van der Waals surface area contributed by atoms with Crippen LogP contribution in [0.25, 0.3) is 5.52 Å². The summed E-state index contributed by atoms with van der Waals surface area (Å²) >= 11 is 0. The molecule has 7 nitrogen and oxygen atoms in total. The van der Waals surface area contributed by atoms with E-state index in [1.54, 1.807) is 24.3 Å². The van der Waals surface area contributed by atoms with Gasteiger partial charge in [0.15, 0.2) is 5.78 Å². The van der Waals surface area contributed by atoms with Gasteiger partial charge in [0.1, 0.15) is 18.1 Å². The maximum absolute atomic E-state index is 12.9. The Bertz CT molecular complexity index is 1320. The third kappa shape index (κ3) is 4.09. The van der Waals surface area contributed by atoms with Gasteiger partial charge in [-0.05, 0) is 35.9 Å². The van der Waals surface area contributed by atoms with Crippen LogP contribution in [0.4, 0.5) is 0 Å². The molecule has 0 atom stereocenters. The first-order valence-electron chi connectivity index (χ1n) is 9.76. The second kappa shape index (κ2) is 8.77. The van der Waals surface area contributed by atoms with Crippen molar-refractivity contribution in [2.75, 3.05) is 7.11 Å². The minimum Gasteiger partial charge on any atom is -0.497 e. The second-order valence-electron chi connectivity index (χ2n) is 7.04. The van der Waals surface area contributed by atoms with Gasteiger partial charge >= 0.3 is 11.9 Å². The first-order valence-corrected chi connectivity index (χ1v) is 9.76. The average molecular weight is 429 g/mol. The maximum atomic E-state index is 12.9. The molecule has 2 heterocycles. The van der Waals surface area contributed by atoms with Crippen molar-refractivity contribution < 1.29 is 29.0 Å². The molecule has 7 heteroatoms. The van der Waals surface area contributed by atoms with Crippen LogP contribution in [0.1, 0.15) is 42.3 Å². The highest BCUT2D eigenvalue weighted by molar-refractivity contribution is 6.11. The van der Waals surface area contributed by atoms with Crippen LogP contribution in [0.3, 0.4) is 0 Å². The summed E-state index contributed by atoms with van der Waals surface area (Å²) in [5, 5.41) is 9.63. The number of aromatic nitrogens is 1. The number of ketones is 1. The smallest absolute Gasteiger partial charge is 0.355 e. The predicted octanol–water partition coefficient (Wildman–Crippen LogP) is 4.23. The molecule has 0 radical (unpaired) electrons. The van der Waals surface area contributed by atoms with E-state index < -0.39 is 11.9 Å². The molecule has 0 aliphatic heterocycles. The lowest BCUT2D eigenvalue weighted by Gasteiger charge is -2.07. The quantitative estimate of drug-likeness (QED) is 0.349. The summed E-state index contributed by atoms with van der Waals surface area (Å²) in [4.78, 5) is 37.4. The molecule has 32 heavy (non-hydrogen) atoms. The van der Waals surface area contributed by atoms with E-state index in [9.17, 15) is 19.5 Å². The number of methoxy groups -OCH3 is 1. The van der Waals surface area contributed by atoms with E-state index in [2.05, 4.69) is 0 Å². The van der Waals surface area contributed by atoms with Gasteiger partial charge in [0.05, 0.1) is 18.2 Å². The first kappa shape index (κ1) is 20.9. The Morgan fingerprint density at radius 3 is 2.38 bits per heavy atom. The Kier molecular flexibility index (Phi) is 5.72. The number of fused-ring (bicyclic) bond motifs is 1. The van der Waals surface area contributed by atoms with Gasteiger partial charge < -0.3 is 19.0 Å². The minimum absolute atomic E-state index is 0.0573. The second-order valence-corrected chi connectivity index (χ2v) is 7.04. The van der Waals surface area contributed by atoms with Crippen molar-refractivity contribution >= 4 is 23.2 Å². The van der Waals surface area contributed by atoms with Crippen molar-refractivity contribution in [2.24, 2.45) is 0 Å². The van der Waals surface area contributed by atoms with Crippen LogP contribution in [0, 0.1) is 0 Å². The summed E-state index contributed by atoms with van der Waals surface area (Å²) < 4.78 is 11.9. The molecule has 160 valence electrons. The standard InChI is InChI=1S/C25H19NO6/c1-31-19-9-5-8-17(12-19)23(27)18-10-11-26-21(13-18)20(24(28)29)14-22(26)25(30)32-15-16-6-3-2-4-7-16/h2-14H,15H2,1H3,(H,28,29). The predicted molar refractivity (Wildman–Crippen MR) is 116 cm³/mol. The lowest BCUT2D eigenvalue weighted by Crippen LogP contribution is -2.09. The molecule has 1 N–H and O–H groups in total. The Morgan fingerprint density at radius 2 is 1.66 bits per heavy atom. The van der Waals surface area contributed by atoms with Gasteiger partial charge in [-0.2, -0.15) is 0 Å². The molecule has 2 aromatic carbocycles. The van der Waals surface area contributed by atoms with Gasteiger partial charge in [0.25, 0.3) is 0 Å². The van der Waals surface area contributed by atoms with Gasteiger partial charge in [-0.3, -0.25) is 4.79 Å². The number of ether oxygens (including phenoxy) is 2. The number of pyridine rings is 1. The van der Waals surface area contributed by atoms with Crippen molar-refractivity contribution in [1.29, 1.82) is 0 Å². The average Bonchev–Trinajstić information content (AvgIpc) is 3.22. The van der Waals surface area contributed by atoms with E-state index in [1.807, 2.05) is 30.3 Å². The normalized spacial score (nSPS) is 10.7. The van der Waals surface area contributed by atoms with E-state index in [0.29, 0.717) is 11.3 Å². The molecule has 0 aliphatic carbocycles. The molecular formula is C25H19NO6. The number of benzene rings is 2. The van der Waals surface area contributed by atoms with Crippen molar-refractivity contribution in [3.8, 4) is 5.75 Å². The van der Waals surface area contributed by atoms with Gasteiger partial charge in [-0.1, -0.05) is 42.5 Å². The minimum atomic E-state index is -1.21. The largest absolute Gasteiger partial charge is 0.497 e. The summed E-state index contributed by atoms with van der Waals surface area (Å²) in [5.41, 5.74) is 1.69. The molecule has 4 rings (SSSR count). The van der Waals surface area contributed by atoms with E-state index in [4.69, 9.17) is 9.47 Å². The Morgan fingerprint density at radius 1 is 0.906 bits per heavy atom. The zero-order valence-electron chi connectivity index (χ0n) is 17.1. The molecule has 0 unspecified atom stereocenters. The molecule has 0 saturated heterocycles. The number of carboxylic acid groups (broad SMARTS) is 1. The molecule has 2 aromatic heterocycles. The summed E-state index contributed by atoms with van der Waals surface area (Å²) in [7, 11) is 1.51. The summed E-state index contributed by atoms with van der Waals surface area (Å²) in [5.74, 6) is -1.63. The SMILES string of the molecule is COc1cccc(C(=O)c2ccn3c(C(=O)OCc4ccccc4)cc(C(=O)O)c3c2)c1. The van der Waals surface area contributed by atoms with Crippen molar-refractivity contribution in [2.45, 2.75) is 6.61 Å². The molecule has 0 spiro atoms. The number of carboxylic acids is 1. The fourth-order valence-corrected chi connectivity index (χ4v) is 3.40. The van der Waals surface area contributed by atoms with Gasteiger partial charge in [0.2, 0.25) is 0 Å². The highest BCUT2D eigenvalue weighted by atomic mass is 16.5. The number of aromatic carboxylic acids is 1. The lowest BCUT2D eigenvalue weighted by atomic mass is 10.0. The van der Waals surface area contributed by atoms with Crippen LogP contribution >= 0.6 is 0 Å². The van der Waals surface area contributed by atoms with Crippen LogP contribution in [0.2, 0.25) is 0 Å². The molecule has 0 saturated carbocycles. The molecule has 0 amide bonds. The van der Waals surface area contributed by atoms with Crippen molar-refractivity contribution in [1.82, 2.24) is 4.40 Å². The topological polar surface area (TPSA) is 94.3 Å². The number of hydrogen-bond acceptors (Lipinski definition) is 5. The monoisotopic (exact) mass is 429 g/mol. The van der Waals surface area contributed by atoms with Crippen molar-refractivity contribution in [3.05, 3.63) is 107 Å². The fourth-order valence-electron chi connectivity index (χ4n) is 3.40. The lowest BCUT2D eigenvalue weighted by molar-refractivity contribution is 0.0464. The molecule has 0 fully saturated rings. The number of rotatable bonds is 7. The van der Waals surface area contributed by atoms with Crippen LogP contribution < -0.4 is 4.74 Å². The van der Waals surface area contributed by atoms with Gasteiger partial charge in [0, 0.05) is 17.3 Å². The zero-order chi connectivity index (χ0) is 22.7. The van der Waals surface area contributed by atoms with E-state index in [-0.39, 0.29) is 34.7 Å². The molecular weight excluding hydrogens is 410 g/mol. The van der Waals surface area contributed by atoms with Crippen LogP contribution in [0.5, 0.6) is 5.75 Å². The molecule has 0 aliphatic rings. The molecule has 0 bridgehead atoms. The van der Waals surface area contributed by atoms with E-state index in [1.165, 1.54) is 35.9 Å². The molecule has 4 aromatic rings. The maximum Gasteiger partial charge on any atom is 0.355 e. The highest BCUT2D eigenvalue weighted by Gasteiger charge is 2.22. The van der Waals surface area contributed by atoms with Gasteiger partial charge in [-0.25, -0.2) is 9.59 Å². The summed E-state index contributed by atoms with van der Waals surface area (Å²) in [6, 6.07) is 20.1. The highest BCUT2D eigenvalue weighted by Crippen LogP contribution is 2.23. The number of carbonyl (C=O) groups excluding carboxylic acids is 2. The summed E-state index contributed by atoms with van der Waals surface area (Å²) in [6.07, 6.45) is 1.49. The first-order chi connectivity index (χ1) is 15.5. The third-order valence-corrected chi connectivity index (χ3v) is 5.02. The number of carbonyl (C=O) groups is 3. The Labute approximate surface area is 183 Å². The van der Waals surface area contributed by atoms with Crippen LogP contribution in [-0.2, 0) is 11.3 Å². The summed E-state index contributed by atoms with van der Waals surface area (Å²) in [6.45, 7) is 0.0573. The zero-order valence-corrected chi connectivity index (χ0v) is 17.1. The van der Waals surface area contributed by atoms with Gasteiger partial charge in [-0.15, -0.1) is 0 Å². The van der Waals surface area contributed by atoms with Crippen molar-refractivity contribution in [3.63, 3.8) is 0 Å². The number of esters is 1. The fraction of sp³-hybridized carbons (Fsp3) is 0.0800. The Hall–Kier alpha value is -4.39. The van der Waals surface area contributed by atoms with E-state index >= 15 is 0 Å². The number of nitrogens with zero attached hydrogens (tertiary/aromatic N) is 1. The number of hydrogen-bond donors (Lipinski definition) is 1. The van der Waals surface area contributed by atoms with E-state index in [0.717, 1.165) is 5.56 Å². The van der Waals surface area contributed by atoms with Crippen LogP contribution in [-0.4, -0.2) is 34.3 Å². The van der Waals surface area contributed by atoms with Crippen LogP contribution in [0.15, 0.2) is 79.0 Å².